The molecule has 1 aromatic heterocycles. The molecule has 2 rings (SSSR count). The number of rotatable bonds is 3. The molecule has 1 N–H and O–H groups in total. The molecule has 0 aliphatic heterocycles. The van der Waals surface area contributed by atoms with Crippen molar-refractivity contribution in [3.63, 3.8) is 0 Å². The summed E-state index contributed by atoms with van der Waals surface area (Å²) in [5, 5.41) is 5.84. The number of ether oxygens (including phenoxy) is 1. The van der Waals surface area contributed by atoms with E-state index in [1.165, 1.54) is 38.4 Å². The molecular weight excluding hydrogens is 287 g/mol. The zero-order chi connectivity index (χ0) is 15.6. The number of aromatic nitrogens is 2. The summed E-state index contributed by atoms with van der Waals surface area (Å²) in [4.78, 5) is 11.5. The molecule has 0 bridgehead atoms. The van der Waals surface area contributed by atoms with Gasteiger partial charge in [0, 0.05) is 7.05 Å². The topological polar surface area (TPSA) is 56.2 Å². The lowest BCUT2D eigenvalue weighted by Gasteiger charge is -2.12. The van der Waals surface area contributed by atoms with E-state index in [1.807, 2.05) is 0 Å². The van der Waals surface area contributed by atoms with Crippen molar-refractivity contribution >= 4 is 5.91 Å². The third-order valence-corrected chi connectivity index (χ3v) is 2.83. The molecule has 2 aromatic rings. The van der Waals surface area contributed by atoms with E-state index in [-0.39, 0.29) is 5.69 Å². The zero-order valence-electron chi connectivity index (χ0n) is 11.2. The van der Waals surface area contributed by atoms with Crippen LogP contribution in [0.2, 0.25) is 0 Å². The van der Waals surface area contributed by atoms with Gasteiger partial charge in [-0.2, -0.15) is 18.3 Å². The lowest BCUT2D eigenvalue weighted by molar-refractivity contribution is -0.143. The molecule has 1 aromatic carbocycles. The summed E-state index contributed by atoms with van der Waals surface area (Å²) in [7, 11) is 2.71. The van der Waals surface area contributed by atoms with Crippen molar-refractivity contribution in [3.05, 3.63) is 41.7 Å². The largest absolute Gasteiger partial charge is 0.497 e. The first-order chi connectivity index (χ1) is 9.88. The van der Waals surface area contributed by atoms with Gasteiger partial charge < -0.3 is 10.1 Å². The number of carbonyl (C=O) groups is 1. The van der Waals surface area contributed by atoms with Crippen LogP contribution in [0.1, 0.15) is 16.1 Å². The van der Waals surface area contributed by atoms with Crippen molar-refractivity contribution in [2.24, 2.45) is 0 Å². The molecular formula is C13H12F3N3O2. The van der Waals surface area contributed by atoms with Gasteiger partial charge in [0.25, 0.3) is 5.91 Å². The van der Waals surface area contributed by atoms with E-state index in [0.29, 0.717) is 10.4 Å². The standard InChI is InChI=1S/C13H12F3N3O2/c1-17-12(20)10-7-18-19(11(10)13(14,15)16)8-3-5-9(21-2)6-4-8/h3-7H,1-2H3,(H,17,20). The monoisotopic (exact) mass is 299 g/mol. The van der Waals surface area contributed by atoms with Gasteiger partial charge in [-0.3, -0.25) is 4.79 Å². The molecule has 0 radical (unpaired) electrons. The predicted molar refractivity (Wildman–Crippen MR) is 68.5 cm³/mol. The summed E-state index contributed by atoms with van der Waals surface area (Å²) in [6.07, 6.45) is -3.82. The summed E-state index contributed by atoms with van der Waals surface area (Å²) in [6, 6.07) is 5.87. The van der Waals surface area contributed by atoms with Crippen LogP contribution in [0.15, 0.2) is 30.5 Å². The first kappa shape index (κ1) is 14.9. The molecule has 21 heavy (non-hydrogen) atoms. The van der Waals surface area contributed by atoms with E-state index in [2.05, 4.69) is 10.4 Å². The number of halogens is 3. The molecule has 8 heteroatoms. The van der Waals surface area contributed by atoms with Gasteiger partial charge in [0.1, 0.15) is 5.75 Å². The summed E-state index contributed by atoms with van der Waals surface area (Å²) in [5.41, 5.74) is -1.47. The van der Waals surface area contributed by atoms with Crippen LogP contribution < -0.4 is 10.1 Å². The summed E-state index contributed by atoms with van der Waals surface area (Å²) in [6.45, 7) is 0. The molecule has 0 aliphatic rings. The van der Waals surface area contributed by atoms with E-state index in [1.54, 1.807) is 0 Å². The van der Waals surface area contributed by atoms with Crippen molar-refractivity contribution in [2.45, 2.75) is 6.18 Å². The average molecular weight is 299 g/mol. The molecule has 5 nitrogen and oxygen atoms in total. The highest BCUT2D eigenvalue weighted by Gasteiger charge is 2.40. The third-order valence-electron chi connectivity index (χ3n) is 2.83. The number of nitrogens with zero attached hydrogens (tertiary/aromatic N) is 2. The van der Waals surface area contributed by atoms with Crippen molar-refractivity contribution in [1.29, 1.82) is 0 Å². The fourth-order valence-electron chi connectivity index (χ4n) is 1.84. The second-order valence-electron chi connectivity index (χ2n) is 4.09. The van der Waals surface area contributed by atoms with Gasteiger partial charge >= 0.3 is 6.18 Å². The number of carbonyl (C=O) groups excluding carboxylic acids is 1. The van der Waals surface area contributed by atoms with Crippen molar-refractivity contribution < 1.29 is 22.7 Å². The number of nitrogens with one attached hydrogen (secondary N) is 1. The SMILES string of the molecule is CNC(=O)c1cnn(-c2ccc(OC)cc2)c1C(F)(F)F. The number of benzene rings is 1. The highest BCUT2D eigenvalue weighted by molar-refractivity contribution is 5.95. The van der Waals surface area contributed by atoms with Crippen molar-refractivity contribution in [1.82, 2.24) is 15.1 Å². The van der Waals surface area contributed by atoms with Crippen LogP contribution in [0.5, 0.6) is 5.75 Å². The van der Waals surface area contributed by atoms with Crippen LogP contribution in [-0.4, -0.2) is 29.8 Å². The lowest BCUT2D eigenvalue weighted by Crippen LogP contribution is -2.23. The Morgan fingerprint density at radius 1 is 1.29 bits per heavy atom. The Bertz CT molecular complexity index is 648. The molecule has 112 valence electrons. The number of alkyl halides is 3. The van der Waals surface area contributed by atoms with Gasteiger partial charge in [0.15, 0.2) is 5.69 Å². The molecule has 1 heterocycles. The van der Waals surface area contributed by atoms with Gasteiger partial charge in [0.05, 0.1) is 24.6 Å². The van der Waals surface area contributed by atoms with Gasteiger partial charge in [0.2, 0.25) is 0 Å². The predicted octanol–water partition coefficient (Wildman–Crippen LogP) is 2.26. The average Bonchev–Trinajstić information content (AvgIpc) is 2.91. The first-order valence-electron chi connectivity index (χ1n) is 5.90. The van der Waals surface area contributed by atoms with E-state index in [4.69, 9.17) is 4.74 Å². The number of methoxy groups -OCH3 is 1. The van der Waals surface area contributed by atoms with Crippen LogP contribution in [0.3, 0.4) is 0 Å². The maximum atomic E-state index is 13.2. The highest BCUT2D eigenvalue weighted by Crippen LogP contribution is 2.33. The lowest BCUT2D eigenvalue weighted by atomic mass is 10.2. The quantitative estimate of drug-likeness (QED) is 0.946. The second kappa shape index (κ2) is 5.47. The maximum absolute atomic E-state index is 13.2. The fraction of sp³-hybridized carbons (Fsp3) is 0.231. The Balaban J connectivity index is 2.58. The van der Waals surface area contributed by atoms with E-state index >= 15 is 0 Å². The molecule has 0 unspecified atom stereocenters. The first-order valence-corrected chi connectivity index (χ1v) is 5.90. The second-order valence-corrected chi connectivity index (χ2v) is 4.09. The highest BCUT2D eigenvalue weighted by atomic mass is 19.4. The van der Waals surface area contributed by atoms with Crippen molar-refractivity contribution in [2.75, 3.05) is 14.2 Å². The van der Waals surface area contributed by atoms with Crippen LogP contribution in [-0.2, 0) is 6.18 Å². The number of hydrogen-bond donors (Lipinski definition) is 1. The van der Waals surface area contributed by atoms with E-state index in [0.717, 1.165) is 6.20 Å². The fourth-order valence-corrected chi connectivity index (χ4v) is 1.84. The van der Waals surface area contributed by atoms with Crippen LogP contribution in [0.25, 0.3) is 5.69 Å². The van der Waals surface area contributed by atoms with E-state index < -0.39 is 23.3 Å². The molecule has 0 atom stereocenters. The summed E-state index contributed by atoms with van der Waals surface area (Å²) < 4.78 is 45.2. The van der Waals surface area contributed by atoms with Gasteiger partial charge in [-0.1, -0.05) is 0 Å². The van der Waals surface area contributed by atoms with Crippen LogP contribution >= 0.6 is 0 Å². The smallest absolute Gasteiger partial charge is 0.434 e. The maximum Gasteiger partial charge on any atom is 0.434 e. The Hall–Kier alpha value is -2.51. The molecule has 0 aliphatic carbocycles. The Morgan fingerprint density at radius 3 is 2.38 bits per heavy atom. The van der Waals surface area contributed by atoms with Crippen LogP contribution in [0.4, 0.5) is 13.2 Å². The minimum absolute atomic E-state index is 0.179. The number of hydrogen-bond acceptors (Lipinski definition) is 3. The Labute approximate surface area is 118 Å². The third kappa shape index (κ3) is 2.83. The molecule has 0 spiro atoms. The Morgan fingerprint density at radius 2 is 1.90 bits per heavy atom. The summed E-state index contributed by atoms with van der Waals surface area (Å²) in [5.74, 6) is -0.340. The minimum atomic E-state index is -4.71. The zero-order valence-corrected chi connectivity index (χ0v) is 11.2. The molecule has 1 amide bonds. The van der Waals surface area contributed by atoms with Gasteiger partial charge in [-0.15, -0.1) is 0 Å². The van der Waals surface area contributed by atoms with Gasteiger partial charge in [-0.05, 0) is 24.3 Å². The Kier molecular flexibility index (Phi) is 3.88. The van der Waals surface area contributed by atoms with Gasteiger partial charge in [-0.25, -0.2) is 4.68 Å². The van der Waals surface area contributed by atoms with Crippen molar-refractivity contribution in [3.8, 4) is 11.4 Å². The summed E-state index contributed by atoms with van der Waals surface area (Å²) >= 11 is 0. The molecule has 0 fully saturated rings. The number of amides is 1. The molecule has 0 saturated heterocycles. The minimum Gasteiger partial charge on any atom is -0.497 e. The van der Waals surface area contributed by atoms with Crippen LogP contribution in [0, 0.1) is 0 Å². The van der Waals surface area contributed by atoms with E-state index in [9.17, 15) is 18.0 Å². The molecule has 0 saturated carbocycles. The normalized spacial score (nSPS) is 11.3.